The van der Waals surface area contributed by atoms with Gasteiger partial charge in [-0.05, 0) is 111 Å². The van der Waals surface area contributed by atoms with Crippen molar-refractivity contribution in [1.29, 1.82) is 0 Å². The Kier molecular flexibility index (Phi) is 16.2. The Morgan fingerprint density at radius 1 is 0.638 bits per heavy atom. The third-order valence-corrected chi connectivity index (χ3v) is 15.2. The van der Waals surface area contributed by atoms with E-state index >= 15 is 0 Å². The molecule has 3 unspecified atom stereocenters. The van der Waals surface area contributed by atoms with Crippen LogP contribution in [0.5, 0.6) is 0 Å². The molecule has 272 valence electrons. The first-order valence-corrected chi connectivity index (χ1v) is 21.5. The monoisotopic (exact) mass is 655 g/mol. The van der Waals surface area contributed by atoms with Gasteiger partial charge in [0.25, 0.3) is 0 Å². The van der Waals surface area contributed by atoms with Crippen molar-refractivity contribution < 1.29 is 14.7 Å². The summed E-state index contributed by atoms with van der Waals surface area (Å²) < 4.78 is 0. The molecule has 9 atom stereocenters. The van der Waals surface area contributed by atoms with Crippen LogP contribution in [0.3, 0.4) is 0 Å². The SMILES string of the molecule is CCCCCCCCCCCCCCCCCCCC(=O)C(CC(C)[C@H]1CC[C@H]2[C@@H]3CCC4CCCC[C@]4(C)[C@H]3CC[C@]12C)C(=O)O. The first-order valence-electron chi connectivity index (χ1n) is 21.5. The molecule has 0 radical (unpaired) electrons. The van der Waals surface area contributed by atoms with Crippen LogP contribution < -0.4 is 0 Å². The molecule has 0 spiro atoms. The lowest BCUT2D eigenvalue weighted by atomic mass is 9.44. The number of fused-ring (bicyclic) bond motifs is 5. The number of Topliss-reactive ketones (excluding diaryl/α,β-unsaturated/α-hetero) is 1. The molecule has 1 N–H and O–H groups in total. The largest absolute Gasteiger partial charge is 0.481 e. The van der Waals surface area contributed by atoms with Gasteiger partial charge >= 0.3 is 5.97 Å². The number of rotatable bonds is 23. The van der Waals surface area contributed by atoms with Gasteiger partial charge in [0.2, 0.25) is 0 Å². The Hall–Kier alpha value is -0.860. The van der Waals surface area contributed by atoms with E-state index in [4.69, 9.17) is 0 Å². The zero-order valence-corrected chi connectivity index (χ0v) is 31.8. The molecule has 4 aliphatic rings. The predicted octanol–water partition coefficient (Wildman–Crippen LogP) is 13.4. The molecular formula is C44H78O3. The highest BCUT2D eigenvalue weighted by Gasteiger charge is 2.60. The molecule has 47 heavy (non-hydrogen) atoms. The summed E-state index contributed by atoms with van der Waals surface area (Å²) in [6.45, 7) is 9.82. The second-order valence-corrected chi connectivity index (χ2v) is 18.1. The van der Waals surface area contributed by atoms with Crippen LogP contribution in [0.4, 0.5) is 0 Å². The molecule has 4 fully saturated rings. The molecule has 0 aromatic carbocycles. The van der Waals surface area contributed by atoms with Gasteiger partial charge in [-0.15, -0.1) is 0 Å². The topological polar surface area (TPSA) is 54.4 Å². The summed E-state index contributed by atoms with van der Waals surface area (Å²) in [5, 5.41) is 10.1. The van der Waals surface area contributed by atoms with E-state index < -0.39 is 11.9 Å². The number of carbonyl (C=O) groups excluding carboxylic acids is 1. The van der Waals surface area contributed by atoms with Crippen LogP contribution in [-0.4, -0.2) is 16.9 Å². The highest BCUT2D eigenvalue weighted by Crippen LogP contribution is 2.68. The predicted molar refractivity (Wildman–Crippen MR) is 199 cm³/mol. The first-order chi connectivity index (χ1) is 22.7. The Balaban J connectivity index is 1.09. The van der Waals surface area contributed by atoms with Crippen molar-refractivity contribution in [2.45, 2.75) is 214 Å². The third-order valence-electron chi connectivity index (χ3n) is 15.2. The van der Waals surface area contributed by atoms with Gasteiger partial charge in [-0.3, -0.25) is 9.59 Å². The third kappa shape index (κ3) is 10.3. The second kappa shape index (κ2) is 19.5. The van der Waals surface area contributed by atoms with Crippen molar-refractivity contribution in [2.24, 2.45) is 52.3 Å². The number of ketones is 1. The van der Waals surface area contributed by atoms with Gasteiger partial charge in [0.1, 0.15) is 11.7 Å². The summed E-state index contributed by atoms with van der Waals surface area (Å²) in [6.07, 6.45) is 37.4. The molecule has 4 aliphatic carbocycles. The maximum atomic E-state index is 13.2. The fraction of sp³-hybridized carbons (Fsp3) is 0.955. The number of carboxylic acid groups (broad SMARTS) is 1. The van der Waals surface area contributed by atoms with Crippen molar-refractivity contribution in [1.82, 2.24) is 0 Å². The molecule has 0 aliphatic heterocycles. The molecule has 4 saturated carbocycles. The van der Waals surface area contributed by atoms with E-state index in [0.29, 0.717) is 35.5 Å². The molecule has 0 heterocycles. The van der Waals surface area contributed by atoms with E-state index in [-0.39, 0.29) is 5.78 Å². The highest BCUT2D eigenvalue weighted by molar-refractivity contribution is 5.98. The van der Waals surface area contributed by atoms with Gasteiger partial charge < -0.3 is 5.11 Å². The quantitative estimate of drug-likeness (QED) is 0.0881. The zero-order valence-electron chi connectivity index (χ0n) is 31.8. The van der Waals surface area contributed by atoms with E-state index in [1.807, 2.05) is 0 Å². The van der Waals surface area contributed by atoms with E-state index in [1.54, 1.807) is 0 Å². The molecule has 0 bridgehead atoms. The Bertz CT molecular complexity index is 927. The molecule has 0 aromatic heterocycles. The zero-order chi connectivity index (χ0) is 33.7. The Morgan fingerprint density at radius 2 is 1.19 bits per heavy atom. The van der Waals surface area contributed by atoms with Crippen LogP contribution in [0, 0.1) is 52.3 Å². The van der Waals surface area contributed by atoms with Gasteiger partial charge in [0.05, 0.1) is 0 Å². The molecule has 3 nitrogen and oxygen atoms in total. The van der Waals surface area contributed by atoms with Crippen molar-refractivity contribution in [3.8, 4) is 0 Å². The summed E-state index contributed by atoms with van der Waals surface area (Å²) in [5.74, 6) is 2.75. The maximum Gasteiger partial charge on any atom is 0.314 e. The van der Waals surface area contributed by atoms with Gasteiger partial charge in [0.15, 0.2) is 0 Å². The minimum absolute atomic E-state index is 0.00253. The summed E-state index contributed by atoms with van der Waals surface area (Å²) >= 11 is 0. The number of unbranched alkanes of at least 4 members (excludes halogenated alkanes) is 16. The van der Waals surface area contributed by atoms with Crippen molar-refractivity contribution in [3.05, 3.63) is 0 Å². The summed E-state index contributed by atoms with van der Waals surface area (Å²) in [5.41, 5.74) is 0.900. The molecule has 4 rings (SSSR count). The van der Waals surface area contributed by atoms with Crippen LogP contribution in [0.25, 0.3) is 0 Å². The van der Waals surface area contributed by atoms with E-state index in [2.05, 4.69) is 27.7 Å². The van der Waals surface area contributed by atoms with Crippen LogP contribution in [0.1, 0.15) is 214 Å². The van der Waals surface area contributed by atoms with E-state index in [1.165, 1.54) is 161 Å². The first kappa shape index (κ1) is 38.9. The van der Waals surface area contributed by atoms with Crippen molar-refractivity contribution >= 4 is 11.8 Å². The lowest BCUT2D eigenvalue weighted by molar-refractivity contribution is -0.148. The standard InChI is InChI=1S/C44H78O3/c1-5-6-7-8-9-10-11-12-13-14-15-16-17-18-19-20-21-25-41(45)37(42(46)47)33-34(2)38-28-29-39-36-27-26-35-24-22-23-31-43(35,3)40(36)30-32-44(38,39)4/h34-40H,5-33H2,1-4H3,(H,46,47)/t34?,35?,36-,37?,38+,39-,40-,43-,44+/m0/s1. The Labute approximate surface area is 292 Å². The number of hydrogen-bond acceptors (Lipinski definition) is 2. The molecular weight excluding hydrogens is 576 g/mol. The number of aliphatic carboxylic acids is 1. The normalized spacial score (nSPS) is 33.1. The highest BCUT2D eigenvalue weighted by atomic mass is 16.4. The average Bonchev–Trinajstić information content (AvgIpc) is 3.41. The molecule has 0 aromatic rings. The number of carbonyl (C=O) groups is 2. The van der Waals surface area contributed by atoms with Crippen LogP contribution in [-0.2, 0) is 9.59 Å². The van der Waals surface area contributed by atoms with Gasteiger partial charge in [-0.25, -0.2) is 0 Å². The van der Waals surface area contributed by atoms with Crippen molar-refractivity contribution in [3.63, 3.8) is 0 Å². The second-order valence-electron chi connectivity index (χ2n) is 18.1. The summed E-state index contributed by atoms with van der Waals surface area (Å²) in [4.78, 5) is 25.6. The fourth-order valence-corrected chi connectivity index (χ4v) is 12.4. The van der Waals surface area contributed by atoms with Gasteiger partial charge in [0, 0.05) is 6.42 Å². The average molecular weight is 655 g/mol. The number of carboxylic acids is 1. The van der Waals surface area contributed by atoms with Crippen LogP contribution in [0.15, 0.2) is 0 Å². The summed E-state index contributed by atoms with van der Waals surface area (Å²) in [7, 11) is 0. The molecule has 0 amide bonds. The minimum atomic E-state index is -0.874. The van der Waals surface area contributed by atoms with Crippen LogP contribution >= 0.6 is 0 Å². The number of hydrogen-bond donors (Lipinski definition) is 1. The van der Waals surface area contributed by atoms with Crippen LogP contribution in [0.2, 0.25) is 0 Å². The Morgan fingerprint density at radius 3 is 1.77 bits per heavy atom. The minimum Gasteiger partial charge on any atom is -0.481 e. The summed E-state index contributed by atoms with van der Waals surface area (Å²) in [6, 6.07) is 0. The molecule has 3 heteroatoms. The van der Waals surface area contributed by atoms with E-state index in [0.717, 1.165) is 36.5 Å². The smallest absolute Gasteiger partial charge is 0.314 e. The fourth-order valence-electron chi connectivity index (χ4n) is 12.4. The van der Waals surface area contributed by atoms with E-state index in [9.17, 15) is 14.7 Å². The van der Waals surface area contributed by atoms with Gasteiger partial charge in [-0.1, -0.05) is 143 Å². The maximum absolute atomic E-state index is 13.2. The van der Waals surface area contributed by atoms with Gasteiger partial charge in [-0.2, -0.15) is 0 Å². The lowest BCUT2D eigenvalue weighted by Gasteiger charge is -2.61. The van der Waals surface area contributed by atoms with Crippen molar-refractivity contribution in [2.75, 3.05) is 0 Å². The lowest BCUT2D eigenvalue weighted by Crippen LogP contribution is -2.53. The molecule has 0 saturated heterocycles.